The van der Waals surface area contributed by atoms with Crippen LogP contribution >= 0.6 is 11.6 Å². The molecule has 2 aromatic rings. The second-order valence-electron chi connectivity index (χ2n) is 7.64. The average Bonchev–Trinajstić information content (AvgIpc) is 3.11. The molecule has 0 saturated carbocycles. The second kappa shape index (κ2) is 9.30. The van der Waals surface area contributed by atoms with E-state index in [1.165, 1.54) is 6.92 Å². The summed E-state index contributed by atoms with van der Waals surface area (Å²) in [6, 6.07) is 12.7. The normalized spacial score (nSPS) is 17.0. The van der Waals surface area contributed by atoms with Crippen LogP contribution < -0.4 is 15.5 Å². The molecule has 2 atom stereocenters. The third-order valence-electron chi connectivity index (χ3n) is 5.41. The number of hydrogen-bond donors (Lipinski definition) is 2. The number of para-hydroxylation sites is 1. The van der Waals surface area contributed by atoms with Gasteiger partial charge < -0.3 is 15.5 Å². The van der Waals surface area contributed by atoms with Gasteiger partial charge in [0.25, 0.3) is 0 Å². The fraction of sp³-hybridized carbons (Fsp3) is 0.348. The summed E-state index contributed by atoms with van der Waals surface area (Å²) in [5.41, 5.74) is 2.92. The van der Waals surface area contributed by atoms with Crippen molar-refractivity contribution in [1.82, 2.24) is 0 Å². The molecule has 3 rings (SSSR count). The Labute approximate surface area is 181 Å². The van der Waals surface area contributed by atoms with Crippen molar-refractivity contribution in [2.45, 2.75) is 39.5 Å². The van der Waals surface area contributed by atoms with Gasteiger partial charge in [0.15, 0.2) is 0 Å². The lowest BCUT2D eigenvalue weighted by Gasteiger charge is -2.23. The first-order chi connectivity index (χ1) is 14.3. The Bertz CT molecular complexity index is 976. The molecule has 7 heteroatoms. The molecule has 0 spiro atoms. The highest BCUT2D eigenvalue weighted by Crippen LogP contribution is 2.34. The summed E-state index contributed by atoms with van der Waals surface area (Å²) in [5, 5.41) is 5.83. The van der Waals surface area contributed by atoms with Gasteiger partial charge in [-0.1, -0.05) is 43.6 Å². The molecule has 6 nitrogen and oxygen atoms in total. The van der Waals surface area contributed by atoms with Crippen molar-refractivity contribution in [1.29, 1.82) is 0 Å². The van der Waals surface area contributed by atoms with Crippen LogP contribution in [-0.2, 0) is 14.4 Å². The lowest BCUT2D eigenvalue weighted by atomic mass is 9.96. The van der Waals surface area contributed by atoms with E-state index in [1.807, 2.05) is 24.3 Å². The summed E-state index contributed by atoms with van der Waals surface area (Å²) >= 11 is 6.20. The summed E-state index contributed by atoms with van der Waals surface area (Å²) in [4.78, 5) is 38.6. The highest BCUT2D eigenvalue weighted by Gasteiger charge is 2.36. The van der Waals surface area contributed by atoms with Gasteiger partial charge in [-0.15, -0.1) is 0 Å². The van der Waals surface area contributed by atoms with Crippen LogP contribution in [-0.4, -0.2) is 24.3 Å². The van der Waals surface area contributed by atoms with Crippen molar-refractivity contribution in [2.75, 3.05) is 22.1 Å². The summed E-state index contributed by atoms with van der Waals surface area (Å²) in [7, 11) is 0. The summed E-state index contributed by atoms with van der Waals surface area (Å²) in [5.74, 6) is -0.718. The molecule has 1 heterocycles. The number of carbonyl (C=O) groups is 3. The Morgan fingerprint density at radius 1 is 1.20 bits per heavy atom. The number of anilines is 3. The van der Waals surface area contributed by atoms with Crippen LogP contribution in [0.4, 0.5) is 17.1 Å². The largest absolute Gasteiger partial charge is 0.326 e. The van der Waals surface area contributed by atoms with Crippen LogP contribution in [0.1, 0.15) is 45.1 Å². The summed E-state index contributed by atoms with van der Waals surface area (Å²) in [6.45, 7) is 5.97. The monoisotopic (exact) mass is 427 g/mol. The van der Waals surface area contributed by atoms with Crippen molar-refractivity contribution in [2.24, 2.45) is 5.92 Å². The van der Waals surface area contributed by atoms with Gasteiger partial charge in [-0.3, -0.25) is 14.4 Å². The minimum atomic E-state index is -0.483. The molecule has 0 aromatic heterocycles. The third-order valence-corrected chi connectivity index (χ3v) is 5.74. The van der Waals surface area contributed by atoms with E-state index in [0.29, 0.717) is 28.9 Å². The molecule has 158 valence electrons. The average molecular weight is 428 g/mol. The van der Waals surface area contributed by atoms with E-state index in [2.05, 4.69) is 24.5 Å². The fourth-order valence-electron chi connectivity index (χ4n) is 3.62. The molecular weight excluding hydrogens is 402 g/mol. The van der Waals surface area contributed by atoms with E-state index in [-0.39, 0.29) is 24.1 Å². The Kier molecular flexibility index (Phi) is 6.77. The number of amides is 3. The number of hydrogen-bond acceptors (Lipinski definition) is 3. The predicted molar refractivity (Wildman–Crippen MR) is 120 cm³/mol. The molecule has 0 aliphatic carbocycles. The van der Waals surface area contributed by atoms with Crippen LogP contribution in [0.2, 0.25) is 5.02 Å². The Morgan fingerprint density at radius 2 is 1.93 bits per heavy atom. The van der Waals surface area contributed by atoms with Gasteiger partial charge in [0, 0.05) is 31.3 Å². The number of benzene rings is 2. The van der Waals surface area contributed by atoms with Crippen LogP contribution in [0, 0.1) is 5.92 Å². The summed E-state index contributed by atoms with van der Waals surface area (Å²) < 4.78 is 0. The van der Waals surface area contributed by atoms with Gasteiger partial charge in [-0.25, -0.2) is 0 Å². The number of carbonyl (C=O) groups excluding carboxylic acids is 3. The van der Waals surface area contributed by atoms with Gasteiger partial charge >= 0.3 is 0 Å². The quantitative estimate of drug-likeness (QED) is 0.694. The van der Waals surface area contributed by atoms with E-state index in [9.17, 15) is 14.4 Å². The SMILES string of the molecule is CCC(C)c1ccccc1N1CC(C(=O)Nc2cc(NC(C)=O)ccc2Cl)CC1=O. The van der Waals surface area contributed by atoms with E-state index >= 15 is 0 Å². The zero-order valence-corrected chi connectivity index (χ0v) is 18.1. The smallest absolute Gasteiger partial charge is 0.229 e. The third kappa shape index (κ3) is 4.82. The zero-order valence-electron chi connectivity index (χ0n) is 17.4. The Morgan fingerprint density at radius 3 is 2.63 bits per heavy atom. The highest BCUT2D eigenvalue weighted by atomic mass is 35.5. The van der Waals surface area contributed by atoms with Gasteiger partial charge in [-0.05, 0) is 42.2 Å². The van der Waals surface area contributed by atoms with Crippen LogP contribution in [0.15, 0.2) is 42.5 Å². The maximum atomic E-state index is 12.9. The van der Waals surface area contributed by atoms with E-state index in [0.717, 1.165) is 17.7 Å². The first-order valence-corrected chi connectivity index (χ1v) is 10.4. The Hall–Kier alpha value is -2.86. The predicted octanol–water partition coefficient (Wildman–Crippen LogP) is 4.80. The summed E-state index contributed by atoms with van der Waals surface area (Å²) in [6.07, 6.45) is 1.11. The molecule has 1 aliphatic heterocycles. The van der Waals surface area contributed by atoms with E-state index in [1.54, 1.807) is 23.1 Å². The maximum Gasteiger partial charge on any atom is 0.229 e. The van der Waals surface area contributed by atoms with E-state index < -0.39 is 5.92 Å². The van der Waals surface area contributed by atoms with Gasteiger partial charge in [-0.2, -0.15) is 0 Å². The molecule has 2 aromatic carbocycles. The first-order valence-electron chi connectivity index (χ1n) is 10.1. The van der Waals surface area contributed by atoms with Crippen molar-refractivity contribution in [3.05, 3.63) is 53.1 Å². The second-order valence-corrected chi connectivity index (χ2v) is 8.05. The standard InChI is InChI=1S/C23H26ClN3O3/c1-4-14(2)18-7-5-6-8-21(18)27-13-16(11-22(27)29)23(30)26-20-12-17(25-15(3)28)9-10-19(20)24/h5-10,12,14,16H,4,11,13H2,1-3H3,(H,25,28)(H,26,30). The van der Waals surface area contributed by atoms with Crippen molar-refractivity contribution in [3.63, 3.8) is 0 Å². The van der Waals surface area contributed by atoms with Crippen LogP contribution in [0.25, 0.3) is 0 Å². The number of nitrogens with zero attached hydrogens (tertiary/aromatic N) is 1. The molecule has 1 aliphatic rings. The van der Waals surface area contributed by atoms with Crippen LogP contribution in [0.5, 0.6) is 0 Å². The molecule has 30 heavy (non-hydrogen) atoms. The zero-order chi connectivity index (χ0) is 21.8. The van der Waals surface area contributed by atoms with Crippen molar-refractivity contribution < 1.29 is 14.4 Å². The molecule has 1 fully saturated rings. The topological polar surface area (TPSA) is 78.5 Å². The van der Waals surface area contributed by atoms with Gasteiger partial charge in [0.1, 0.15) is 0 Å². The molecule has 1 saturated heterocycles. The Balaban J connectivity index is 1.76. The van der Waals surface area contributed by atoms with E-state index in [4.69, 9.17) is 11.6 Å². The highest BCUT2D eigenvalue weighted by molar-refractivity contribution is 6.34. The lowest BCUT2D eigenvalue weighted by Crippen LogP contribution is -2.29. The maximum absolute atomic E-state index is 12.9. The fourth-order valence-corrected chi connectivity index (χ4v) is 3.79. The molecule has 3 amide bonds. The molecular formula is C23H26ClN3O3. The lowest BCUT2D eigenvalue weighted by molar-refractivity contribution is -0.122. The molecule has 2 unspecified atom stereocenters. The number of halogens is 1. The minimum Gasteiger partial charge on any atom is -0.326 e. The molecule has 2 N–H and O–H groups in total. The van der Waals surface area contributed by atoms with Gasteiger partial charge in [0.05, 0.1) is 16.6 Å². The number of nitrogens with one attached hydrogen (secondary N) is 2. The minimum absolute atomic E-state index is 0.0657. The van der Waals surface area contributed by atoms with Crippen molar-refractivity contribution >= 4 is 46.4 Å². The molecule has 0 radical (unpaired) electrons. The van der Waals surface area contributed by atoms with Crippen LogP contribution in [0.3, 0.4) is 0 Å². The van der Waals surface area contributed by atoms with Crippen molar-refractivity contribution in [3.8, 4) is 0 Å². The first kappa shape index (κ1) is 21.8. The molecule has 0 bridgehead atoms. The number of rotatable bonds is 6. The van der Waals surface area contributed by atoms with Gasteiger partial charge in [0.2, 0.25) is 17.7 Å².